The molecule has 0 aromatic heterocycles. The SMILES string of the molecule is Cc1cccc(N2C(=O)C(c3ccccc3)=C(N3CCN(C)CC3)C2=O)c1C. The Balaban J connectivity index is 1.83. The van der Waals surface area contributed by atoms with Crippen molar-refractivity contribution >= 4 is 23.1 Å². The molecule has 0 radical (unpaired) electrons. The molecule has 2 aliphatic rings. The Bertz CT molecular complexity index is 957. The molecule has 0 N–H and O–H groups in total. The first-order chi connectivity index (χ1) is 13.5. The van der Waals surface area contributed by atoms with Crippen molar-refractivity contribution < 1.29 is 9.59 Å². The molecular weight excluding hydrogens is 350 g/mol. The van der Waals surface area contributed by atoms with Gasteiger partial charge in [-0.25, -0.2) is 4.90 Å². The molecule has 0 unspecified atom stereocenters. The lowest BCUT2D eigenvalue weighted by Gasteiger charge is -2.34. The van der Waals surface area contributed by atoms with Crippen LogP contribution in [0.3, 0.4) is 0 Å². The zero-order valence-corrected chi connectivity index (χ0v) is 16.6. The van der Waals surface area contributed by atoms with Crippen LogP contribution in [0.15, 0.2) is 54.2 Å². The fraction of sp³-hybridized carbons (Fsp3) is 0.304. The molecule has 0 aliphatic carbocycles. The van der Waals surface area contributed by atoms with Gasteiger partial charge in [0.25, 0.3) is 11.8 Å². The second-order valence-corrected chi connectivity index (χ2v) is 7.54. The average molecular weight is 375 g/mol. The van der Waals surface area contributed by atoms with Gasteiger partial charge in [0.2, 0.25) is 0 Å². The molecule has 2 aliphatic heterocycles. The smallest absolute Gasteiger partial charge is 0.282 e. The van der Waals surface area contributed by atoms with Gasteiger partial charge in [0.1, 0.15) is 5.70 Å². The Kier molecular flexibility index (Phi) is 4.77. The molecule has 0 atom stereocenters. The van der Waals surface area contributed by atoms with Crippen molar-refractivity contribution in [2.45, 2.75) is 13.8 Å². The van der Waals surface area contributed by atoms with Crippen molar-refractivity contribution in [2.24, 2.45) is 0 Å². The van der Waals surface area contributed by atoms with Crippen LogP contribution in [-0.4, -0.2) is 54.8 Å². The second kappa shape index (κ2) is 7.24. The van der Waals surface area contributed by atoms with Crippen LogP contribution in [0.25, 0.3) is 5.57 Å². The van der Waals surface area contributed by atoms with Crippen molar-refractivity contribution in [3.63, 3.8) is 0 Å². The summed E-state index contributed by atoms with van der Waals surface area (Å²) < 4.78 is 0. The van der Waals surface area contributed by atoms with Crippen LogP contribution in [0.4, 0.5) is 5.69 Å². The van der Waals surface area contributed by atoms with E-state index in [9.17, 15) is 9.59 Å². The summed E-state index contributed by atoms with van der Waals surface area (Å²) >= 11 is 0. The minimum Gasteiger partial charge on any atom is -0.364 e. The van der Waals surface area contributed by atoms with E-state index in [0.29, 0.717) is 17.0 Å². The molecule has 2 amide bonds. The Hall–Kier alpha value is -2.92. The topological polar surface area (TPSA) is 43.9 Å². The van der Waals surface area contributed by atoms with Crippen molar-refractivity contribution in [1.29, 1.82) is 0 Å². The molecule has 0 bridgehead atoms. The number of aryl methyl sites for hydroxylation is 1. The minimum atomic E-state index is -0.237. The summed E-state index contributed by atoms with van der Waals surface area (Å²) in [4.78, 5) is 32.7. The number of nitrogens with zero attached hydrogens (tertiary/aromatic N) is 3. The maximum atomic E-state index is 13.5. The van der Waals surface area contributed by atoms with E-state index in [-0.39, 0.29) is 11.8 Å². The molecule has 2 aromatic carbocycles. The predicted molar refractivity (Wildman–Crippen MR) is 111 cm³/mol. The van der Waals surface area contributed by atoms with Gasteiger partial charge in [-0.05, 0) is 43.7 Å². The highest BCUT2D eigenvalue weighted by Gasteiger charge is 2.43. The van der Waals surface area contributed by atoms with Gasteiger partial charge < -0.3 is 9.80 Å². The third kappa shape index (κ3) is 3.02. The van der Waals surface area contributed by atoms with Crippen molar-refractivity contribution in [2.75, 3.05) is 38.1 Å². The van der Waals surface area contributed by atoms with Gasteiger partial charge in [-0.2, -0.15) is 0 Å². The number of carbonyl (C=O) groups excluding carboxylic acids is 2. The molecule has 4 rings (SSSR count). The van der Waals surface area contributed by atoms with Crippen LogP contribution in [0, 0.1) is 13.8 Å². The van der Waals surface area contributed by atoms with Gasteiger partial charge in [0, 0.05) is 26.2 Å². The van der Waals surface area contributed by atoms with Gasteiger partial charge in [-0.3, -0.25) is 9.59 Å². The van der Waals surface area contributed by atoms with E-state index in [1.165, 1.54) is 4.90 Å². The molecule has 144 valence electrons. The van der Waals surface area contributed by atoms with Gasteiger partial charge in [-0.1, -0.05) is 42.5 Å². The number of piperazine rings is 1. The van der Waals surface area contributed by atoms with Crippen LogP contribution in [0.5, 0.6) is 0 Å². The number of benzene rings is 2. The maximum Gasteiger partial charge on any atom is 0.282 e. The monoisotopic (exact) mass is 375 g/mol. The molecular formula is C23H25N3O2. The standard InChI is InChI=1S/C23H25N3O2/c1-16-8-7-11-19(17(16)2)26-22(27)20(18-9-5-4-6-10-18)21(23(26)28)25-14-12-24(3)13-15-25/h4-11H,12-15H2,1-3H3. The normalized spacial score (nSPS) is 18.4. The fourth-order valence-corrected chi connectivity index (χ4v) is 3.90. The Morgan fingerprint density at radius 1 is 0.786 bits per heavy atom. The summed E-state index contributed by atoms with van der Waals surface area (Å²) in [6, 6.07) is 15.3. The zero-order chi connectivity index (χ0) is 19.8. The predicted octanol–water partition coefficient (Wildman–Crippen LogP) is 2.84. The number of anilines is 1. The molecule has 0 saturated carbocycles. The molecule has 2 heterocycles. The highest BCUT2D eigenvalue weighted by molar-refractivity contribution is 6.45. The number of rotatable bonds is 3. The summed E-state index contributed by atoms with van der Waals surface area (Å²) in [5, 5.41) is 0. The molecule has 1 saturated heterocycles. The molecule has 5 nitrogen and oxygen atoms in total. The first-order valence-corrected chi connectivity index (χ1v) is 9.67. The van der Waals surface area contributed by atoms with Crippen LogP contribution >= 0.6 is 0 Å². The first-order valence-electron chi connectivity index (χ1n) is 9.67. The van der Waals surface area contributed by atoms with Gasteiger partial charge in [-0.15, -0.1) is 0 Å². The molecule has 5 heteroatoms. The lowest BCUT2D eigenvalue weighted by Crippen LogP contribution is -2.46. The Labute approximate surface area is 165 Å². The fourth-order valence-electron chi connectivity index (χ4n) is 3.90. The third-order valence-corrected chi connectivity index (χ3v) is 5.76. The average Bonchev–Trinajstić information content (AvgIpc) is 2.96. The van der Waals surface area contributed by atoms with Gasteiger partial charge >= 0.3 is 0 Å². The number of carbonyl (C=O) groups is 2. The van der Waals surface area contributed by atoms with E-state index in [0.717, 1.165) is 42.9 Å². The van der Waals surface area contributed by atoms with Gasteiger partial charge in [0.15, 0.2) is 0 Å². The summed E-state index contributed by atoms with van der Waals surface area (Å²) in [6.45, 7) is 7.18. The number of hydrogen-bond donors (Lipinski definition) is 0. The van der Waals surface area contributed by atoms with Crippen molar-refractivity contribution in [3.05, 3.63) is 70.9 Å². The zero-order valence-electron chi connectivity index (χ0n) is 16.6. The summed E-state index contributed by atoms with van der Waals surface area (Å²) in [7, 11) is 2.08. The van der Waals surface area contributed by atoms with Crippen LogP contribution < -0.4 is 4.90 Å². The van der Waals surface area contributed by atoms with E-state index in [2.05, 4.69) is 16.8 Å². The molecule has 28 heavy (non-hydrogen) atoms. The number of imide groups is 1. The van der Waals surface area contributed by atoms with Crippen LogP contribution in [-0.2, 0) is 9.59 Å². The third-order valence-electron chi connectivity index (χ3n) is 5.76. The van der Waals surface area contributed by atoms with Crippen LogP contribution in [0.1, 0.15) is 16.7 Å². The van der Waals surface area contributed by atoms with E-state index >= 15 is 0 Å². The summed E-state index contributed by atoms with van der Waals surface area (Å²) in [5.41, 5.74) is 4.53. The second-order valence-electron chi connectivity index (χ2n) is 7.54. The van der Waals surface area contributed by atoms with Gasteiger partial charge in [0.05, 0.1) is 11.3 Å². The molecule has 2 aromatic rings. The van der Waals surface area contributed by atoms with E-state index in [1.54, 1.807) is 0 Å². The van der Waals surface area contributed by atoms with Crippen molar-refractivity contribution in [1.82, 2.24) is 9.80 Å². The minimum absolute atomic E-state index is 0.220. The highest BCUT2D eigenvalue weighted by Crippen LogP contribution is 2.36. The number of amides is 2. The van der Waals surface area contributed by atoms with E-state index in [1.807, 2.05) is 62.4 Å². The Morgan fingerprint density at radius 3 is 2.14 bits per heavy atom. The lowest BCUT2D eigenvalue weighted by atomic mass is 10.0. The highest BCUT2D eigenvalue weighted by atomic mass is 16.2. The molecule has 0 spiro atoms. The lowest BCUT2D eigenvalue weighted by molar-refractivity contribution is -0.120. The number of likely N-dealkylation sites (N-methyl/N-ethyl adjacent to an activating group) is 1. The van der Waals surface area contributed by atoms with E-state index < -0.39 is 0 Å². The van der Waals surface area contributed by atoms with E-state index in [4.69, 9.17) is 0 Å². The largest absolute Gasteiger partial charge is 0.364 e. The summed E-state index contributed by atoms with van der Waals surface area (Å²) in [6.07, 6.45) is 0. The first kappa shape index (κ1) is 18.4. The molecule has 1 fully saturated rings. The number of hydrogen-bond acceptors (Lipinski definition) is 4. The maximum absolute atomic E-state index is 13.5. The van der Waals surface area contributed by atoms with Crippen molar-refractivity contribution in [3.8, 4) is 0 Å². The quantitative estimate of drug-likeness (QED) is 0.774. The van der Waals surface area contributed by atoms with Crippen LogP contribution in [0.2, 0.25) is 0 Å². The summed E-state index contributed by atoms with van der Waals surface area (Å²) in [5.74, 6) is -0.457. The Morgan fingerprint density at radius 2 is 1.46 bits per heavy atom.